The summed E-state index contributed by atoms with van der Waals surface area (Å²) < 4.78 is 10.5. The van der Waals surface area contributed by atoms with Crippen molar-refractivity contribution in [3.63, 3.8) is 0 Å². The monoisotopic (exact) mass is 279 g/mol. The molecule has 0 saturated heterocycles. The molecule has 0 aliphatic heterocycles. The van der Waals surface area contributed by atoms with Gasteiger partial charge in [-0.25, -0.2) is 4.79 Å². The molecule has 4 heteroatoms. The zero-order valence-electron chi connectivity index (χ0n) is 13.0. The Morgan fingerprint density at radius 3 is 2.40 bits per heavy atom. The lowest BCUT2D eigenvalue weighted by atomic mass is 9.99. The fourth-order valence-electron chi connectivity index (χ4n) is 1.81. The van der Waals surface area contributed by atoms with Crippen molar-refractivity contribution in [2.45, 2.75) is 38.6 Å². The Bertz CT molecular complexity index is 430. The number of hydrogen-bond acceptors (Lipinski definition) is 4. The third-order valence-electron chi connectivity index (χ3n) is 3.78. The molecular weight excluding hydrogens is 254 g/mol. The third-order valence-corrected chi connectivity index (χ3v) is 3.78. The predicted octanol–water partition coefficient (Wildman–Crippen LogP) is 2.73. The van der Waals surface area contributed by atoms with Gasteiger partial charge in [-0.3, -0.25) is 0 Å². The lowest BCUT2D eigenvalue weighted by molar-refractivity contribution is -0.148. The normalized spacial score (nSPS) is 15.2. The fraction of sp³-hybridized carbons (Fsp3) is 0.562. The van der Waals surface area contributed by atoms with Crippen LogP contribution in [0, 0.1) is 0 Å². The summed E-state index contributed by atoms with van der Waals surface area (Å²) in [6.45, 7) is 6.35. The van der Waals surface area contributed by atoms with Gasteiger partial charge in [-0.05, 0) is 44.0 Å². The largest absolute Gasteiger partial charge is 0.491 e. The molecule has 1 aromatic rings. The highest BCUT2D eigenvalue weighted by Crippen LogP contribution is 2.22. The van der Waals surface area contributed by atoms with Crippen LogP contribution in [0.1, 0.15) is 38.7 Å². The average Bonchev–Trinajstić information content (AvgIpc) is 2.51. The molecule has 2 unspecified atom stereocenters. The van der Waals surface area contributed by atoms with Crippen LogP contribution in [-0.2, 0) is 9.53 Å². The quantitative estimate of drug-likeness (QED) is 0.780. The zero-order chi connectivity index (χ0) is 15.2. The van der Waals surface area contributed by atoms with Crippen molar-refractivity contribution < 1.29 is 14.3 Å². The smallest absolute Gasteiger partial charge is 0.329 e. The molecule has 0 saturated carbocycles. The maximum Gasteiger partial charge on any atom is 0.329 e. The standard InChI is InChI=1S/C16H25NO3/c1-6-12(2)13-7-9-14(10-8-13)20-11-16(3,17-4)15(18)19-5/h7-10,12,17H,6,11H2,1-5H3. The fourth-order valence-corrected chi connectivity index (χ4v) is 1.81. The van der Waals surface area contributed by atoms with Gasteiger partial charge in [0, 0.05) is 0 Å². The molecule has 0 fully saturated rings. The zero-order valence-corrected chi connectivity index (χ0v) is 13.0. The van der Waals surface area contributed by atoms with E-state index in [9.17, 15) is 4.79 Å². The van der Waals surface area contributed by atoms with Crippen molar-refractivity contribution in [2.75, 3.05) is 20.8 Å². The van der Waals surface area contributed by atoms with E-state index in [1.54, 1.807) is 14.0 Å². The maximum atomic E-state index is 11.7. The number of likely N-dealkylation sites (N-methyl/N-ethyl adjacent to an activating group) is 1. The molecule has 0 heterocycles. The maximum absolute atomic E-state index is 11.7. The van der Waals surface area contributed by atoms with Crippen molar-refractivity contribution in [1.82, 2.24) is 5.32 Å². The predicted molar refractivity (Wildman–Crippen MR) is 80.1 cm³/mol. The van der Waals surface area contributed by atoms with Crippen LogP contribution in [-0.4, -0.2) is 32.3 Å². The molecular formula is C16H25NO3. The minimum atomic E-state index is -0.843. The Labute approximate surface area is 121 Å². The Morgan fingerprint density at radius 2 is 1.95 bits per heavy atom. The topological polar surface area (TPSA) is 47.6 Å². The van der Waals surface area contributed by atoms with E-state index in [1.165, 1.54) is 12.7 Å². The molecule has 0 amide bonds. The van der Waals surface area contributed by atoms with Gasteiger partial charge in [0.05, 0.1) is 7.11 Å². The summed E-state index contributed by atoms with van der Waals surface area (Å²) in [5.41, 5.74) is 0.452. The Morgan fingerprint density at radius 1 is 1.35 bits per heavy atom. The Balaban J connectivity index is 2.67. The SMILES string of the molecule is CCC(C)c1ccc(OCC(C)(NC)C(=O)OC)cc1. The molecule has 0 aliphatic rings. The third kappa shape index (κ3) is 3.97. The van der Waals surface area contributed by atoms with Crippen LogP contribution < -0.4 is 10.1 Å². The first-order valence-electron chi connectivity index (χ1n) is 6.97. The lowest BCUT2D eigenvalue weighted by Crippen LogP contribution is -2.52. The molecule has 0 aliphatic carbocycles. The van der Waals surface area contributed by atoms with Crippen LogP contribution in [0.4, 0.5) is 0 Å². The molecule has 2 atom stereocenters. The molecule has 0 aromatic heterocycles. The van der Waals surface area contributed by atoms with Crippen LogP contribution in [0.2, 0.25) is 0 Å². The second-order valence-corrected chi connectivity index (χ2v) is 5.24. The molecule has 0 radical (unpaired) electrons. The first-order valence-corrected chi connectivity index (χ1v) is 6.97. The van der Waals surface area contributed by atoms with E-state index in [2.05, 4.69) is 31.3 Å². The van der Waals surface area contributed by atoms with Gasteiger partial charge >= 0.3 is 5.97 Å². The van der Waals surface area contributed by atoms with Crippen LogP contribution in [0.5, 0.6) is 5.75 Å². The van der Waals surface area contributed by atoms with E-state index >= 15 is 0 Å². The number of carbonyl (C=O) groups excluding carboxylic acids is 1. The van der Waals surface area contributed by atoms with Crippen LogP contribution >= 0.6 is 0 Å². The van der Waals surface area contributed by atoms with Gasteiger partial charge in [0.15, 0.2) is 0 Å². The molecule has 1 N–H and O–H groups in total. The number of benzene rings is 1. The number of carbonyl (C=O) groups is 1. The molecule has 112 valence electrons. The van der Waals surface area contributed by atoms with E-state index in [0.29, 0.717) is 5.92 Å². The summed E-state index contributed by atoms with van der Waals surface area (Å²) in [4.78, 5) is 11.7. The molecule has 0 bridgehead atoms. The van der Waals surface area contributed by atoms with Crippen LogP contribution in [0.3, 0.4) is 0 Å². The number of esters is 1. The Kier molecular flexibility index (Phi) is 6.02. The van der Waals surface area contributed by atoms with Crippen molar-refractivity contribution in [3.8, 4) is 5.75 Å². The van der Waals surface area contributed by atoms with Crippen molar-refractivity contribution in [3.05, 3.63) is 29.8 Å². The second-order valence-electron chi connectivity index (χ2n) is 5.24. The summed E-state index contributed by atoms with van der Waals surface area (Å²) in [5.74, 6) is 0.959. The van der Waals surface area contributed by atoms with Crippen molar-refractivity contribution >= 4 is 5.97 Å². The van der Waals surface area contributed by atoms with Gasteiger partial charge in [-0.15, -0.1) is 0 Å². The minimum absolute atomic E-state index is 0.221. The van der Waals surface area contributed by atoms with Gasteiger partial charge in [-0.2, -0.15) is 0 Å². The van der Waals surface area contributed by atoms with E-state index in [-0.39, 0.29) is 12.6 Å². The molecule has 20 heavy (non-hydrogen) atoms. The van der Waals surface area contributed by atoms with Gasteiger partial charge in [-0.1, -0.05) is 26.0 Å². The van der Waals surface area contributed by atoms with E-state index < -0.39 is 5.54 Å². The number of hydrogen-bond donors (Lipinski definition) is 1. The van der Waals surface area contributed by atoms with Crippen molar-refractivity contribution in [2.24, 2.45) is 0 Å². The first-order chi connectivity index (χ1) is 9.46. The highest BCUT2D eigenvalue weighted by molar-refractivity contribution is 5.80. The summed E-state index contributed by atoms with van der Waals surface area (Å²) in [5, 5.41) is 2.94. The van der Waals surface area contributed by atoms with Crippen LogP contribution in [0.15, 0.2) is 24.3 Å². The number of ether oxygens (including phenoxy) is 2. The second kappa shape index (κ2) is 7.29. The van der Waals surface area contributed by atoms with Gasteiger partial charge in [0.2, 0.25) is 0 Å². The average molecular weight is 279 g/mol. The number of methoxy groups -OCH3 is 1. The van der Waals surface area contributed by atoms with Gasteiger partial charge in [0.25, 0.3) is 0 Å². The van der Waals surface area contributed by atoms with E-state index in [1.807, 2.05) is 12.1 Å². The van der Waals surface area contributed by atoms with Crippen molar-refractivity contribution in [1.29, 1.82) is 0 Å². The highest BCUT2D eigenvalue weighted by atomic mass is 16.5. The highest BCUT2D eigenvalue weighted by Gasteiger charge is 2.33. The molecule has 4 nitrogen and oxygen atoms in total. The van der Waals surface area contributed by atoms with E-state index in [0.717, 1.165) is 12.2 Å². The van der Waals surface area contributed by atoms with Gasteiger partial charge in [0.1, 0.15) is 17.9 Å². The lowest BCUT2D eigenvalue weighted by Gasteiger charge is -2.26. The number of nitrogens with one attached hydrogen (secondary N) is 1. The molecule has 0 spiro atoms. The molecule has 1 aromatic carbocycles. The minimum Gasteiger partial charge on any atom is -0.491 e. The van der Waals surface area contributed by atoms with E-state index in [4.69, 9.17) is 9.47 Å². The van der Waals surface area contributed by atoms with Gasteiger partial charge < -0.3 is 14.8 Å². The molecule has 1 rings (SSSR count). The number of rotatable bonds is 7. The summed E-state index contributed by atoms with van der Waals surface area (Å²) >= 11 is 0. The summed E-state index contributed by atoms with van der Waals surface area (Å²) in [6.07, 6.45) is 1.11. The first kappa shape index (κ1) is 16.5. The Hall–Kier alpha value is -1.55. The van der Waals surface area contributed by atoms with Crippen LogP contribution in [0.25, 0.3) is 0 Å². The summed E-state index contributed by atoms with van der Waals surface area (Å²) in [7, 11) is 3.09. The summed E-state index contributed by atoms with van der Waals surface area (Å²) in [6, 6.07) is 8.01.